The molecule has 4 aliphatic rings. The number of hydrogen-bond acceptors (Lipinski definition) is 6. The highest BCUT2D eigenvalue weighted by atomic mass is 32.2. The van der Waals surface area contributed by atoms with E-state index in [-0.39, 0.29) is 46.2 Å². The summed E-state index contributed by atoms with van der Waals surface area (Å²) >= 11 is 8.90. The number of amides is 2. The van der Waals surface area contributed by atoms with E-state index >= 15 is 0 Å². The molecule has 2 aromatic rings. The van der Waals surface area contributed by atoms with E-state index in [1.165, 1.54) is 16.0 Å². The third-order valence-corrected chi connectivity index (χ3v) is 11.2. The number of carbonyl (C=O) groups excluding carboxylic acids is 2. The normalized spacial score (nSPS) is 33.7. The summed E-state index contributed by atoms with van der Waals surface area (Å²) in [4.78, 5) is 43.3. The smallest absolute Gasteiger partial charge is 0.323 e. The predicted molar refractivity (Wildman–Crippen MR) is 133 cm³/mol. The fourth-order valence-corrected chi connectivity index (χ4v) is 10.3. The molecule has 2 aliphatic carbocycles. The molecule has 1 aromatic carbocycles. The summed E-state index contributed by atoms with van der Waals surface area (Å²) in [6.45, 7) is 6.07. The standard InChI is InChI=1S/C25H26N2O4S3/c1-25(2,3)11-6-4-10(5-7-11)15-16-12-8-13(19(16)33-21-20(15)34-24(32)26-21)18-17(12)22(30)27(23(18)31)9-14(28)29/h4-7,12-13,15-19H,8-9H2,1-3H3,(H,26,32)(H,28,29). The summed E-state index contributed by atoms with van der Waals surface area (Å²) in [7, 11) is 0. The monoisotopic (exact) mass is 514 g/mol. The summed E-state index contributed by atoms with van der Waals surface area (Å²) in [5.41, 5.74) is 2.55. The van der Waals surface area contributed by atoms with Gasteiger partial charge in [-0.1, -0.05) is 45.0 Å². The van der Waals surface area contributed by atoms with Crippen molar-refractivity contribution in [2.45, 2.75) is 48.8 Å². The maximum Gasteiger partial charge on any atom is 0.323 e. The molecule has 2 bridgehead atoms. The molecule has 7 unspecified atom stereocenters. The van der Waals surface area contributed by atoms with E-state index in [1.54, 1.807) is 23.1 Å². The lowest BCUT2D eigenvalue weighted by molar-refractivity contribution is -0.149. The quantitative estimate of drug-likeness (QED) is 0.457. The second kappa shape index (κ2) is 7.51. The van der Waals surface area contributed by atoms with Gasteiger partial charge in [-0.2, -0.15) is 0 Å². The van der Waals surface area contributed by atoms with Gasteiger partial charge in [0, 0.05) is 16.0 Å². The van der Waals surface area contributed by atoms with Crippen molar-refractivity contribution in [3.63, 3.8) is 0 Å². The first-order chi connectivity index (χ1) is 16.1. The first kappa shape index (κ1) is 22.5. The van der Waals surface area contributed by atoms with Crippen LogP contribution in [0.3, 0.4) is 0 Å². The highest BCUT2D eigenvalue weighted by Gasteiger charge is 2.69. The van der Waals surface area contributed by atoms with Gasteiger partial charge in [0.1, 0.15) is 6.54 Å². The van der Waals surface area contributed by atoms with Crippen molar-refractivity contribution >= 4 is 53.1 Å². The van der Waals surface area contributed by atoms with E-state index in [0.717, 1.165) is 20.3 Å². The third-order valence-electron chi connectivity index (χ3n) is 8.24. The van der Waals surface area contributed by atoms with Gasteiger partial charge in [-0.15, -0.1) is 23.1 Å². The molecule has 3 heterocycles. The number of H-pyrrole nitrogens is 1. The van der Waals surface area contributed by atoms with Gasteiger partial charge in [0.25, 0.3) is 0 Å². The molecular weight excluding hydrogens is 488 g/mol. The van der Waals surface area contributed by atoms with Crippen molar-refractivity contribution in [1.82, 2.24) is 9.88 Å². The van der Waals surface area contributed by atoms with E-state index in [0.29, 0.717) is 0 Å². The number of nitrogens with zero attached hydrogens (tertiary/aromatic N) is 1. The summed E-state index contributed by atoms with van der Waals surface area (Å²) in [5.74, 6) is -2.05. The van der Waals surface area contributed by atoms with Gasteiger partial charge in [-0.25, -0.2) is 0 Å². The molecular formula is C25H26N2O4S3. The number of fused-ring (bicyclic) bond motifs is 9. The Hall–Kier alpha value is -1.97. The molecule has 34 heavy (non-hydrogen) atoms. The summed E-state index contributed by atoms with van der Waals surface area (Å²) in [6, 6.07) is 8.83. The van der Waals surface area contributed by atoms with Gasteiger partial charge in [-0.05, 0) is 52.9 Å². The maximum absolute atomic E-state index is 13.3. The Kier molecular flexibility index (Phi) is 4.97. The van der Waals surface area contributed by atoms with Gasteiger partial charge >= 0.3 is 5.97 Å². The van der Waals surface area contributed by atoms with Crippen LogP contribution in [0.2, 0.25) is 0 Å². The van der Waals surface area contributed by atoms with E-state index < -0.39 is 24.3 Å². The van der Waals surface area contributed by atoms with E-state index in [2.05, 4.69) is 50.0 Å². The van der Waals surface area contributed by atoms with Crippen molar-refractivity contribution in [2.24, 2.45) is 29.6 Å². The van der Waals surface area contributed by atoms with Gasteiger partial charge in [0.2, 0.25) is 11.8 Å². The van der Waals surface area contributed by atoms with Crippen LogP contribution in [-0.2, 0) is 19.8 Å². The van der Waals surface area contributed by atoms with Crippen molar-refractivity contribution in [1.29, 1.82) is 0 Å². The number of imide groups is 1. The minimum Gasteiger partial charge on any atom is -0.480 e. The number of carboxylic acid groups (broad SMARTS) is 1. The summed E-state index contributed by atoms with van der Waals surface area (Å²) < 4.78 is 0.751. The molecule has 0 radical (unpaired) electrons. The van der Waals surface area contributed by atoms with E-state index in [9.17, 15) is 19.5 Å². The Balaban J connectivity index is 1.43. The number of thioether (sulfide) groups is 1. The maximum atomic E-state index is 13.3. The van der Waals surface area contributed by atoms with Gasteiger partial charge in [0.05, 0.1) is 16.9 Å². The number of benzene rings is 1. The van der Waals surface area contributed by atoms with Crippen LogP contribution < -0.4 is 0 Å². The van der Waals surface area contributed by atoms with Crippen LogP contribution in [0.25, 0.3) is 0 Å². The predicted octanol–water partition coefficient (Wildman–Crippen LogP) is 4.66. The first-order valence-electron chi connectivity index (χ1n) is 11.6. The van der Waals surface area contributed by atoms with Crippen molar-refractivity contribution in [2.75, 3.05) is 6.54 Å². The van der Waals surface area contributed by atoms with Crippen LogP contribution in [0, 0.1) is 33.5 Å². The molecule has 7 atom stereocenters. The average molecular weight is 515 g/mol. The van der Waals surface area contributed by atoms with Crippen LogP contribution in [0.5, 0.6) is 0 Å². The first-order valence-corrected chi connectivity index (χ1v) is 13.7. The zero-order chi connectivity index (χ0) is 24.1. The number of thiazole rings is 1. The summed E-state index contributed by atoms with van der Waals surface area (Å²) in [5, 5.41) is 10.5. The highest BCUT2D eigenvalue weighted by Crippen LogP contribution is 2.68. The topological polar surface area (TPSA) is 90.5 Å². The molecule has 0 spiro atoms. The number of hydrogen-bond donors (Lipinski definition) is 2. The van der Waals surface area contributed by atoms with Crippen molar-refractivity contribution in [3.8, 4) is 0 Å². The number of carbonyl (C=O) groups is 3. The molecule has 2 saturated carbocycles. The molecule has 6 nitrogen and oxygen atoms in total. The van der Waals surface area contributed by atoms with Crippen LogP contribution in [-0.4, -0.2) is 44.6 Å². The fourth-order valence-electron chi connectivity index (χ4n) is 6.93. The van der Waals surface area contributed by atoms with Crippen LogP contribution >= 0.6 is 35.3 Å². The minimum atomic E-state index is -1.15. The van der Waals surface area contributed by atoms with Gasteiger partial charge in [0.15, 0.2) is 3.95 Å². The van der Waals surface area contributed by atoms with Crippen molar-refractivity contribution in [3.05, 3.63) is 44.2 Å². The zero-order valence-electron chi connectivity index (χ0n) is 19.1. The van der Waals surface area contributed by atoms with Gasteiger partial charge in [-0.3, -0.25) is 19.3 Å². The lowest BCUT2D eigenvalue weighted by Crippen LogP contribution is -2.42. The number of likely N-dealkylation sites (tertiary alicyclic amines) is 1. The second-order valence-electron chi connectivity index (χ2n) is 11.0. The van der Waals surface area contributed by atoms with Crippen LogP contribution in [0.4, 0.5) is 0 Å². The second-order valence-corrected chi connectivity index (χ2v) is 13.9. The molecule has 2 aliphatic heterocycles. The Morgan fingerprint density at radius 1 is 1.15 bits per heavy atom. The molecule has 2 amide bonds. The third kappa shape index (κ3) is 3.12. The fraction of sp³-hybridized carbons (Fsp3) is 0.520. The number of rotatable bonds is 3. The molecule has 1 saturated heterocycles. The molecule has 178 valence electrons. The molecule has 9 heteroatoms. The van der Waals surface area contributed by atoms with Crippen LogP contribution in [0.1, 0.15) is 49.1 Å². The Bertz CT molecular complexity index is 1270. The Morgan fingerprint density at radius 2 is 1.79 bits per heavy atom. The summed E-state index contributed by atoms with van der Waals surface area (Å²) in [6.07, 6.45) is 0.850. The zero-order valence-corrected chi connectivity index (χ0v) is 21.6. The number of aromatic amines is 1. The van der Waals surface area contributed by atoms with Crippen LogP contribution in [0.15, 0.2) is 29.3 Å². The van der Waals surface area contributed by atoms with Crippen molar-refractivity contribution < 1.29 is 19.5 Å². The average Bonchev–Trinajstić information content (AvgIpc) is 3.48. The Labute approximate surface area is 211 Å². The largest absolute Gasteiger partial charge is 0.480 e. The number of aliphatic carboxylic acids is 1. The highest BCUT2D eigenvalue weighted by molar-refractivity contribution is 8.00. The number of nitrogens with one attached hydrogen (secondary N) is 1. The van der Waals surface area contributed by atoms with E-state index in [4.69, 9.17) is 12.2 Å². The SMILES string of the molecule is CC(C)(C)c1ccc(C2c3sc(=S)[nH]c3SC3C4CC(C5C(=O)N(CC(=O)O)C(=O)C45)C23)cc1. The van der Waals surface area contributed by atoms with Gasteiger partial charge < -0.3 is 10.1 Å². The number of carboxylic acids is 1. The lowest BCUT2D eigenvalue weighted by atomic mass is 9.68. The Morgan fingerprint density at radius 3 is 2.41 bits per heavy atom. The minimum absolute atomic E-state index is 0.0585. The molecule has 3 fully saturated rings. The molecule has 6 rings (SSSR count). The lowest BCUT2D eigenvalue weighted by Gasteiger charge is -2.43. The molecule has 1 aromatic heterocycles. The van der Waals surface area contributed by atoms with E-state index in [1.807, 2.05) is 0 Å². The number of aromatic nitrogens is 1. The molecule has 2 N–H and O–H groups in total.